The van der Waals surface area contributed by atoms with Gasteiger partial charge in [-0.2, -0.15) is 0 Å². The second kappa shape index (κ2) is 6.28. The quantitative estimate of drug-likeness (QED) is 0.829. The third-order valence-corrected chi connectivity index (χ3v) is 3.91. The SMILES string of the molecule is CC(NCCC1CCCC1)c1c(F)cccc1F. The van der Waals surface area contributed by atoms with Gasteiger partial charge in [0, 0.05) is 11.6 Å². The van der Waals surface area contributed by atoms with E-state index < -0.39 is 11.6 Å². The Bertz CT molecular complexity index is 366. The highest BCUT2D eigenvalue weighted by Crippen LogP contribution is 2.27. The third-order valence-electron chi connectivity index (χ3n) is 3.91. The first-order valence-electron chi connectivity index (χ1n) is 6.85. The van der Waals surface area contributed by atoms with Crippen LogP contribution in [0.3, 0.4) is 0 Å². The van der Waals surface area contributed by atoms with Crippen molar-refractivity contribution in [3.8, 4) is 0 Å². The molecular formula is C15H21F2N. The maximum Gasteiger partial charge on any atom is 0.130 e. The molecule has 1 nitrogen and oxygen atoms in total. The molecule has 1 aromatic carbocycles. The van der Waals surface area contributed by atoms with Gasteiger partial charge in [0.25, 0.3) is 0 Å². The highest BCUT2D eigenvalue weighted by atomic mass is 19.1. The molecule has 3 heteroatoms. The van der Waals surface area contributed by atoms with Gasteiger partial charge in [0.1, 0.15) is 11.6 Å². The van der Waals surface area contributed by atoms with Crippen LogP contribution in [-0.2, 0) is 0 Å². The molecule has 0 amide bonds. The lowest BCUT2D eigenvalue weighted by atomic mass is 10.0. The summed E-state index contributed by atoms with van der Waals surface area (Å²) in [6, 6.07) is 3.76. The fourth-order valence-electron chi connectivity index (χ4n) is 2.83. The monoisotopic (exact) mass is 253 g/mol. The second-order valence-electron chi connectivity index (χ2n) is 5.25. The predicted molar refractivity (Wildman–Crippen MR) is 69.4 cm³/mol. The molecule has 18 heavy (non-hydrogen) atoms. The third kappa shape index (κ3) is 3.29. The fourth-order valence-corrected chi connectivity index (χ4v) is 2.83. The smallest absolute Gasteiger partial charge is 0.130 e. The fraction of sp³-hybridized carbons (Fsp3) is 0.600. The Morgan fingerprint density at radius 1 is 1.22 bits per heavy atom. The molecule has 0 spiro atoms. The lowest BCUT2D eigenvalue weighted by Crippen LogP contribution is -2.23. The van der Waals surface area contributed by atoms with Gasteiger partial charge < -0.3 is 5.32 Å². The van der Waals surface area contributed by atoms with E-state index in [1.807, 2.05) is 6.92 Å². The highest BCUT2D eigenvalue weighted by Gasteiger charge is 2.17. The number of rotatable bonds is 5. The van der Waals surface area contributed by atoms with Crippen molar-refractivity contribution in [3.05, 3.63) is 35.4 Å². The zero-order valence-electron chi connectivity index (χ0n) is 10.9. The van der Waals surface area contributed by atoms with Gasteiger partial charge >= 0.3 is 0 Å². The van der Waals surface area contributed by atoms with Crippen molar-refractivity contribution >= 4 is 0 Å². The van der Waals surface area contributed by atoms with Crippen molar-refractivity contribution in [2.45, 2.75) is 45.1 Å². The summed E-state index contributed by atoms with van der Waals surface area (Å²) < 4.78 is 27.1. The van der Waals surface area contributed by atoms with Crippen LogP contribution in [0, 0.1) is 17.6 Å². The lowest BCUT2D eigenvalue weighted by Gasteiger charge is -2.17. The topological polar surface area (TPSA) is 12.0 Å². The Kier molecular flexibility index (Phi) is 4.70. The molecule has 1 aromatic rings. The van der Waals surface area contributed by atoms with Gasteiger partial charge in [-0.3, -0.25) is 0 Å². The van der Waals surface area contributed by atoms with Crippen LogP contribution in [0.1, 0.15) is 50.6 Å². The molecule has 1 N–H and O–H groups in total. The molecule has 0 bridgehead atoms. The van der Waals surface area contributed by atoms with Gasteiger partial charge in [-0.25, -0.2) is 8.78 Å². The van der Waals surface area contributed by atoms with Crippen LogP contribution in [0.4, 0.5) is 8.78 Å². The molecule has 1 aliphatic rings. The van der Waals surface area contributed by atoms with E-state index in [1.54, 1.807) is 0 Å². The molecule has 1 atom stereocenters. The van der Waals surface area contributed by atoms with E-state index in [1.165, 1.54) is 43.9 Å². The summed E-state index contributed by atoms with van der Waals surface area (Å²) in [6.45, 7) is 2.65. The number of nitrogens with one attached hydrogen (secondary N) is 1. The molecule has 1 aliphatic carbocycles. The van der Waals surface area contributed by atoms with Crippen molar-refractivity contribution in [3.63, 3.8) is 0 Å². The summed E-state index contributed by atoms with van der Waals surface area (Å²) in [7, 11) is 0. The zero-order valence-corrected chi connectivity index (χ0v) is 10.9. The van der Waals surface area contributed by atoms with E-state index in [0.717, 1.165) is 18.9 Å². The number of hydrogen-bond acceptors (Lipinski definition) is 1. The molecule has 1 unspecified atom stereocenters. The average molecular weight is 253 g/mol. The molecule has 0 heterocycles. The van der Waals surface area contributed by atoms with Crippen molar-refractivity contribution in [2.24, 2.45) is 5.92 Å². The van der Waals surface area contributed by atoms with Crippen molar-refractivity contribution in [1.29, 1.82) is 0 Å². The summed E-state index contributed by atoms with van der Waals surface area (Å²) in [4.78, 5) is 0. The number of halogens is 2. The van der Waals surface area contributed by atoms with Crippen molar-refractivity contribution in [1.82, 2.24) is 5.32 Å². The molecule has 2 rings (SSSR count). The molecular weight excluding hydrogens is 232 g/mol. The Morgan fingerprint density at radius 3 is 2.44 bits per heavy atom. The predicted octanol–water partition coefficient (Wildman–Crippen LogP) is 4.20. The van der Waals surface area contributed by atoms with E-state index in [0.29, 0.717) is 0 Å². The van der Waals surface area contributed by atoms with Crippen LogP contribution in [0.15, 0.2) is 18.2 Å². The van der Waals surface area contributed by atoms with E-state index in [-0.39, 0.29) is 11.6 Å². The summed E-state index contributed by atoms with van der Waals surface area (Å²) >= 11 is 0. The second-order valence-corrected chi connectivity index (χ2v) is 5.25. The summed E-state index contributed by atoms with van der Waals surface area (Å²) in [6.07, 6.45) is 6.40. The molecule has 0 aliphatic heterocycles. The van der Waals surface area contributed by atoms with Crippen LogP contribution in [-0.4, -0.2) is 6.54 Å². The van der Waals surface area contributed by atoms with Gasteiger partial charge in [-0.1, -0.05) is 31.7 Å². The van der Waals surface area contributed by atoms with Crippen LogP contribution < -0.4 is 5.32 Å². The summed E-state index contributed by atoms with van der Waals surface area (Å²) in [5.74, 6) is -0.123. The molecule has 1 saturated carbocycles. The number of benzene rings is 1. The molecule has 1 fully saturated rings. The molecule has 100 valence electrons. The van der Waals surface area contributed by atoms with Crippen LogP contribution in [0.25, 0.3) is 0 Å². The average Bonchev–Trinajstić information content (AvgIpc) is 2.82. The van der Waals surface area contributed by atoms with Gasteiger partial charge in [-0.15, -0.1) is 0 Å². The lowest BCUT2D eigenvalue weighted by molar-refractivity contribution is 0.437. The van der Waals surface area contributed by atoms with E-state index in [4.69, 9.17) is 0 Å². The molecule has 0 aromatic heterocycles. The molecule has 0 radical (unpaired) electrons. The van der Waals surface area contributed by atoms with Crippen molar-refractivity contribution in [2.75, 3.05) is 6.54 Å². The minimum Gasteiger partial charge on any atom is -0.310 e. The molecule has 0 saturated heterocycles. The van der Waals surface area contributed by atoms with Gasteiger partial charge in [0.2, 0.25) is 0 Å². The minimum absolute atomic E-state index is 0.156. The van der Waals surface area contributed by atoms with E-state index in [9.17, 15) is 8.78 Å². The van der Waals surface area contributed by atoms with Gasteiger partial charge in [-0.05, 0) is 37.9 Å². The zero-order chi connectivity index (χ0) is 13.0. The first kappa shape index (κ1) is 13.5. The van der Waals surface area contributed by atoms with Gasteiger partial charge in [0.05, 0.1) is 0 Å². The van der Waals surface area contributed by atoms with E-state index in [2.05, 4.69) is 5.32 Å². The van der Waals surface area contributed by atoms with Crippen LogP contribution >= 0.6 is 0 Å². The first-order valence-corrected chi connectivity index (χ1v) is 6.85. The Balaban J connectivity index is 1.85. The maximum atomic E-state index is 13.5. The highest BCUT2D eigenvalue weighted by molar-refractivity contribution is 5.22. The minimum atomic E-state index is -0.462. The largest absolute Gasteiger partial charge is 0.310 e. The first-order chi connectivity index (χ1) is 8.68. The van der Waals surface area contributed by atoms with Crippen LogP contribution in [0.2, 0.25) is 0 Å². The Labute approximate surface area is 108 Å². The Hall–Kier alpha value is -0.960. The maximum absolute atomic E-state index is 13.5. The van der Waals surface area contributed by atoms with Gasteiger partial charge in [0.15, 0.2) is 0 Å². The summed E-state index contributed by atoms with van der Waals surface area (Å²) in [5.41, 5.74) is 0.156. The summed E-state index contributed by atoms with van der Waals surface area (Å²) in [5, 5.41) is 3.23. The Morgan fingerprint density at radius 2 is 1.83 bits per heavy atom. The standard InChI is InChI=1S/C15H21F2N/c1-11(15-13(16)7-4-8-14(15)17)18-10-9-12-5-2-3-6-12/h4,7-8,11-12,18H,2-3,5-6,9-10H2,1H3. The van der Waals surface area contributed by atoms with Crippen LogP contribution in [0.5, 0.6) is 0 Å². The normalized spacial score (nSPS) is 18.2. The van der Waals surface area contributed by atoms with E-state index >= 15 is 0 Å². The van der Waals surface area contributed by atoms with Crippen molar-refractivity contribution < 1.29 is 8.78 Å². The number of hydrogen-bond donors (Lipinski definition) is 1.